The first-order valence-electron chi connectivity index (χ1n) is 9.00. The molecule has 1 fully saturated rings. The number of hydrogen-bond acceptors (Lipinski definition) is 3. The van der Waals surface area contributed by atoms with E-state index in [0.29, 0.717) is 25.5 Å². The van der Waals surface area contributed by atoms with Gasteiger partial charge in [0, 0.05) is 31.5 Å². The van der Waals surface area contributed by atoms with E-state index in [1.54, 1.807) is 0 Å². The summed E-state index contributed by atoms with van der Waals surface area (Å²) in [5.74, 6) is 0.377. The minimum atomic E-state index is 0.0860. The molecule has 0 saturated carbocycles. The number of rotatable bonds is 7. The number of hydrogen-bond donors (Lipinski definition) is 2. The zero-order chi connectivity index (χ0) is 17.3. The molecule has 1 heterocycles. The molecule has 1 atom stereocenters. The highest BCUT2D eigenvalue weighted by molar-refractivity contribution is 5.76. The summed E-state index contributed by atoms with van der Waals surface area (Å²) in [6.07, 6.45) is 1.36. The fourth-order valence-electron chi connectivity index (χ4n) is 3.30. The summed E-state index contributed by atoms with van der Waals surface area (Å²) >= 11 is 0. The van der Waals surface area contributed by atoms with Crippen LogP contribution in [-0.4, -0.2) is 38.3 Å². The lowest BCUT2D eigenvalue weighted by Gasteiger charge is -2.23. The highest BCUT2D eigenvalue weighted by Gasteiger charge is 2.18. The molecule has 0 aromatic heterocycles. The van der Waals surface area contributed by atoms with Crippen LogP contribution in [0.4, 0.5) is 0 Å². The minimum absolute atomic E-state index is 0.0860. The molecule has 0 spiro atoms. The number of ether oxygens (including phenoxy) is 1. The molecular formula is C21H26N2O2. The lowest BCUT2D eigenvalue weighted by Crippen LogP contribution is -2.44. The SMILES string of the molecule is O=C(CC1COCCN1)NCCC(c1ccccc1)c1ccccc1. The number of morpholine rings is 1. The average molecular weight is 338 g/mol. The summed E-state index contributed by atoms with van der Waals surface area (Å²) in [5, 5.41) is 6.38. The van der Waals surface area contributed by atoms with E-state index in [1.807, 2.05) is 12.1 Å². The second-order valence-electron chi connectivity index (χ2n) is 6.44. The van der Waals surface area contributed by atoms with Crippen molar-refractivity contribution < 1.29 is 9.53 Å². The van der Waals surface area contributed by atoms with Crippen LogP contribution in [0.25, 0.3) is 0 Å². The van der Waals surface area contributed by atoms with Crippen molar-refractivity contribution in [2.75, 3.05) is 26.3 Å². The number of carbonyl (C=O) groups is 1. The lowest BCUT2D eigenvalue weighted by molar-refractivity contribution is -0.122. The van der Waals surface area contributed by atoms with Crippen molar-refractivity contribution in [3.8, 4) is 0 Å². The van der Waals surface area contributed by atoms with Gasteiger partial charge in [0.25, 0.3) is 0 Å². The summed E-state index contributed by atoms with van der Waals surface area (Å²) < 4.78 is 5.40. The second kappa shape index (κ2) is 9.35. The van der Waals surface area contributed by atoms with Gasteiger partial charge in [-0.25, -0.2) is 0 Å². The Morgan fingerprint density at radius 3 is 2.28 bits per heavy atom. The van der Waals surface area contributed by atoms with Crippen LogP contribution in [-0.2, 0) is 9.53 Å². The Bertz CT molecular complexity index is 600. The predicted octanol–water partition coefficient (Wildman–Crippen LogP) is 2.70. The van der Waals surface area contributed by atoms with Crippen molar-refractivity contribution >= 4 is 5.91 Å². The summed E-state index contributed by atoms with van der Waals surface area (Å²) in [6.45, 7) is 2.83. The minimum Gasteiger partial charge on any atom is -0.378 e. The molecular weight excluding hydrogens is 312 g/mol. The van der Waals surface area contributed by atoms with Crippen molar-refractivity contribution in [1.29, 1.82) is 0 Å². The maximum atomic E-state index is 12.2. The third-order valence-electron chi connectivity index (χ3n) is 4.59. The van der Waals surface area contributed by atoms with Gasteiger partial charge in [-0.1, -0.05) is 60.7 Å². The van der Waals surface area contributed by atoms with Crippen molar-refractivity contribution in [2.45, 2.75) is 24.8 Å². The van der Waals surface area contributed by atoms with Gasteiger partial charge in [-0.2, -0.15) is 0 Å². The van der Waals surface area contributed by atoms with Gasteiger partial charge in [0.2, 0.25) is 5.91 Å². The zero-order valence-electron chi connectivity index (χ0n) is 14.5. The Balaban J connectivity index is 1.55. The van der Waals surface area contributed by atoms with Gasteiger partial charge >= 0.3 is 0 Å². The molecule has 4 heteroatoms. The summed E-state index contributed by atoms with van der Waals surface area (Å²) in [6, 6.07) is 21.1. The highest BCUT2D eigenvalue weighted by Crippen LogP contribution is 2.27. The van der Waals surface area contributed by atoms with Crippen LogP contribution < -0.4 is 10.6 Å². The molecule has 1 aliphatic rings. The molecule has 0 radical (unpaired) electrons. The molecule has 132 valence electrons. The van der Waals surface area contributed by atoms with Crippen molar-refractivity contribution in [3.63, 3.8) is 0 Å². The quantitative estimate of drug-likeness (QED) is 0.816. The Hall–Kier alpha value is -2.17. The molecule has 1 saturated heterocycles. The van der Waals surface area contributed by atoms with Crippen LogP contribution in [0.15, 0.2) is 60.7 Å². The van der Waals surface area contributed by atoms with E-state index < -0.39 is 0 Å². The molecule has 25 heavy (non-hydrogen) atoms. The van der Waals surface area contributed by atoms with E-state index in [2.05, 4.69) is 59.2 Å². The van der Waals surface area contributed by atoms with Crippen molar-refractivity contribution in [2.24, 2.45) is 0 Å². The molecule has 1 aliphatic heterocycles. The fraction of sp³-hybridized carbons (Fsp3) is 0.381. The molecule has 1 unspecified atom stereocenters. The number of benzene rings is 2. The summed E-state index contributed by atoms with van der Waals surface area (Å²) in [4.78, 5) is 12.2. The van der Waals surface area contributed by atoms with E-state index in [0.717, 1.165) is 19.6 Å². The van der Waals surface area contributed by atoms with Gasteiger partial charge in [0.1, 0.15) is 0 Å². The smallest absolute Gasteiger partial charge is 0.221 e. The van der Waals surface area contributed by atoms with Crippen LogP contribution in [0.2, 0.25) is 0 Å². The number of amides is 1. The van der Waals surface area contributed by atoms with E-state index in [-0.39, 0.29) is 11.9 Å². The Labute approximate surface area is 149 Å². The van der Waals surface area contributed by atoms with Crippen molar-refractivity contribution in [1.82, 2.24) is 10.6 Å². The normalized spacial score (nSPS) is 17.4. The van der Waals surface area contributed by atoms with Crippen LogP contribution in [0.5, 0.6) is 0 Å². The van der Waals surface area contributed by atoms with Crippen LogP contribution in [0.1, 0.15) is 29.9 Å². The Kier molecular flexibility index (Phi) is 6.60. The topological polar surface area (TPSA) is 50.4 Å². The molecule has 0 aliphatic carbocycles. The van der Waals surface area contributed by atoms with Crippen molar-refractivity contribution in [3.05, 3.63) is 71.8 Å². The standard InChI is InChI=1S/C21H26N2O2/c24-21(15-19-16-25-14-13-22-19)23-12-11-20(17-7-3-1-4-8-17)18-9-5-2-6-10-18/h1-10,19-20,22H,11-16H2,(H,23,24). The van der Waals surface area contributed by atoms with Crippen LogP contribution in [0, 0.1) is 0 Å². The molecule has 4 nitrogen and oxygen atoms in total. The van der Waals surface area contributed by atoms with Gasteiger partial charge < -0.3 is 15.4 Å². The highest BCUT2D eigenvalue weighted by atomic mass is 16.5. The maximum Gasteiger partial charge on any atom is 0.221 e. The summed E-state index contributed by atoms with van der Waals surface area (Å²) in [7, 11) is 0. The van der Waals surface area contributed by atoms with Crippen LogP contribution in [0.3, 0.4) is 0 Å². The predicted molar refractivity (Wildman–Crippen MR) is 99.6 cm³/mol. The molecule has 1 amide bonds. The largest absolute Gasteiger partial charge is 0.378 e. The first kappa shape index (κ1) is 17.6. The number of nitrogens with one attached hydrogen (secondary N) is 2. The van der Waals surface area contributed by atoms with E-state index in [1.165, 1.54) is 11.1 Å². The van der Waals surface area contributed by atoms with Gasteiger partial charge in [-0.3, -0.25) is 4.79 Å². The molecule has 2 aromatic carbocycles. The summed E-state index contributed by atoms with van der Waals surface area (Å²) in [5.41, 5.74) is 2.57. The van der Waals surface area contributed by atoms with E-state index in [4.69, 9.17) is 4.74 Å². The van der Waals surface area contributed by atoms with Gasteiger partial charge in [0.15, 0.2) is 0 Å². The Morgan fingerprint density at radius 1 is 1.08 bits per heavy atom. The second-order valence-corrected chi connectivity index (χ2v) is 6.44. The third-order valence-corrected chi connectivity index (χ3v) is 4.59. The number of carbonyl (C=O) groups excluding carboxylic acids is 1. The van der Waals surface area contributed by atoms with Crippen LogP contribution >= 0.6 is 0 Å². The van der Waals surface area contributed by atoms with Gasteiger partial charge in [-0.05, 0) is 17.5 Å². The molecule has 0 bridgehead atoms. The third kappa shape index (κ3) is 5.41. The first-order valence-corrected chi connectivity index (χ1v) is 9.00. The maximum absolute atomic E-state index is 12.2. The fourth-order valence-corrected chi connectivity index (χ4v) is 3.30. The van der Waals surface area contributed by atoms with Gasteiger partial charge in [-0.15, -0.1) is 0 Å². The Morgan fingerprint density at radius 2 is 1.72 bits per heavy atom. The lowest BCUT2D eigenvalue weighted by atomic mass is 9.88. The monoisotopic (exact) mass is 338 g/mol. The average Bonchev–Trinajstić information content (AvgIpc) is 2.67. The molecule has 3 rings (SSSR count). The van der Waals surface area contributed by atoms with Gasteiger partial charge in [0.05, 0.1) is 13.2 Å². The zero-order valence-corrected chi connectivity index (χ0v) is 14.5. The van der Waals surface area contributed by atoms with E-state index >= 15 is 0 Å². The molecule has 2 N–H and O–H groups in total. The first-order chi connectivity index (χ1) is 12.3. The van der Waals surface area contributed by atoms with E-state index in [9.17, 15) is 4.79 Å². The molecule has 2 aromatic rings.